The number of aryl methyl sites for hydroxylation is 1. The highest BCUT2D eigenvalue weighted by Crippen LogP contribution is 2.37. The second-order valence-corrected chi connectivity index (χ2v) is 9.63. The molecule has 4 aromatic rings. The van der Waals surface area contributed by atoms with Crippen LogP contribution in [0.15, 0.2) is 47.8 Å². The van der Waals surface area contributed by atoms with Crippen molar-refractivity contribution in [2.45, 2.75) is 10.8 Å². The number of rotatable bonds is 5. The zero-order valence-electron chi connectivity index (χ0n) is 16.4. The first-order valence-electron chi connectivity index (χ1n) is 9.05. The van der Waals surface area contributed by atoms with E-state index in [2.05, 4.69) is 14.7 Å². The minimum atomic E-state index is -4.29. The highest BCUT2D eigenvalue weighted by Gasteiger charge is 2.24. The minimum absolute atomic E-state index is 0.0453. The Kier molecular flexibility index (Phi) is 5.93. The Hall–Kier alpha value is -2.59. The van der Waals surface area contributed by atoms with Crippen molar-refractivity contribution in [2.75, 3.05) is 10.5 Å². The molecule has 0 fully saturated rings. The molecular formula is C20H15Cl3FN5O2S. The molecule has 2 aromatic carbocycles. The van der Waals surface area contributed by atoms with Crippen LogP contribution in [0.25, 0.3) is 22.2 Å². The number of nitrogens with zero attached hydrogens (tertiary/aromatic N) is 3. The first-order valence-corrected chi connectivity index (χ1v) is 11.8. The van der Waals surface area contributed by atoms with E-state index < -0.39 is 15.8 Å². The van der Waals surface area contributed by atoms with E-state index in [9.17, 15) is 8.42 Å². The maximum Gasteiger partial charge on any atom is 0.263 e. The van der Waals surface area contributed by atoms with Crippen LogP contribution >= 0.6 is 34.8 Å². The molecule has 0 bridgehead atoms. The quantitative estimate of drug-likeness (QED) is 0.356. The van der Waals surface area contributed by atoms with Crippen LogP contribution in [0.2, 0.25) is 10.0 Å². The summed E-state index contributed by atoms with van der Waals surface area (Å²) in [6, 6.07) is 6.95. The number of alkyl halides is 1. The van der Waals surface area contributed by atoms with Crippen LogP contribution < -0.4 is 10.5 Å². The first-order chi connectivity index (χ1) is 15.1. The van der Waals surface area contributed by atoms with Crippen molar-refractivity contribution < 1.29 is 12.8 Å². The van der Waals surface area contributed by atoms with E-state index in [1.54, 1.807) is 17.8 Å². The topological polar surface area (TPSA) is 103 Å². The lowest BCUT2D eigenvalue weighted by molar-refractivity contribution is 0.599. The van der Waals surface area contributed by atoms with Gasteiger partial charge in [-0.05, 0) is 23.8 Å². The van der Waals surface area contributed by atoms with Crippen molar-refractivity contribution >= 4 is 67.4 Å². The van der Waals surface area contributed by atoms with Gasteiger partial charge in [0.1, 0.15) is 22.7 Å². The molecule has 3 N–H and O–H groups in total. The molecule has 0 unspecified atom stereocenters. The van der Waals surface area contributed by atoms with Crippen LogP contribution in [-0.2, 0) is 23.0 Å². The number of fused-ring (bicyclic) bond motifs is 1. The maximum atomic E-state index is 15.5. The fraction of sp³-hybridized carbons (Fsp3) is 0.100. The largest absolute Gasteiger partial charge is 0.383 e. The van der Waals surface area contributed by atoms with Crippen LogP contribution in [-0.4, -0.2) is 23.0 Å². The Morgan fingerprint density at radius 1 is 1.19 bits per heavy atom. The number of hydrogen-bond donors (Lipinski definition) is 2. The lowest BCUT2D eigenvalue weighted by Crippen LogP contribution is -2.15. The van der Waals surface area contributed by atoms with Gasteiger partial charge >= 0.3 is 0 Å². The standard InChI is InChI=1S/C20H15Cl3FN5O2S/c1-29-8-13(16-19(25)26-9-27-20(16)29)12-3-2-4-14(18(12)24)28-32(30,31)15-6-11(22)5-10(7-21)17(15)23/h2-6,8-9,28H,7H2,1H3,(H2,25,26,27). The molecule has 2 heterocycles. The number of halogens is 4. The highest BCUT2D eigenvalue weighted by atomic mass is 35.5. The molecule has 0 amide bonds. The molecule has 0 radical (unpaired) electrons. The molecule has 0 saturated carbocycles. The first kappa shape index (κ1) is 22.6. The Bertz CT molecular complexity index is 1470. The SMILES string of the molecule is Cn1cc(-c2cccc(NS(=O)(=O)c3cc(Cl)cc(CCl)c3Cl)c2F)c2c(N)ncnc21. The lowest BCUT2D eigenvalue weighted by Gasteiger charge is -2.14. The van der Waals surface area contributed by atoms with Crippen molar-refractivity contribution in [3.8, 4) is 11.1 Å². The van der Waals surface area contributed by atoms with E-state index in [1.165, 1.54) is 36.7 Å². The van der Waals surface area contributed by atoms with Gasteiger partial charge in [-0.15, -0.1) is 11.6 Å². The number of hydrogen-bond acceptors (Lipinski definition) is 5. The van der Waals surface area contributed by atoms with E-state index in [4.69, 9.17) is 40.5 Å². The van der Waals surface area contributed by atoms with Crippen molar-refractivity contribution in [2.24, 2.45) is 7.05 Å². The third-order valence-corrected chi connectivity index (χ3v) is 7.28. The van der Waals surface area contributed by atoms with Gasteiger partial charge in [0.25, 0.3) is 10.0 Å². The second kappa shape index (κ2) is 8.40. The molecule has 0 saturated heterocycles. The summed E-state index contributed by atoms with van der Waals surface area (Å²) in [4.78, 5) is 7.84. The van der Waals surface area contributed by atoms with Crippen LogP contribution in [0.1, 0.15) is 5.56 Å². The van der Waals surface area contributed by atoms with Gasteiger partial charge in [-0.2, -0.15) is 0 Å². The summed E-state index contributed by atoms with van der Waals surface area (Å²) in [5.74, 6) is -0.672. The molecule has 0 aliphatic rings. The summed E-state index contributed by atoms with van der Waals surface area (Å²) in [5, 5.41) is 0.497. The molecule has 166 valence electrons. The van der Waals surface area contributed by atoms with Crippen molar-refractivity contribution in [3.05, 3.63) is 64.3 Å². The molecule has 12 heteroatoms. The second-order valence-electron chi connectivity index (χ2n) is 6.89. The summed E-state index contributed by atoms with van der Waals surface area (Å²) < 4.78 is 45.4. The third-order valence-electron chi connectivity index (χ3n) is 4.83. The van der Waals surface area contributed by atoms with E-state index >= 15 is 4.39 Å². The van der Waals surface area contributed by atoms with Crippen LogP contribution in [0, 0.1) is 5.82 Å². The number of nitrogen functional groups attached to an aromatic ring is 1. The Labute approximate surface area is 198 Å². The summed E-state index contributed by atoms with van der Waals surface area (Å²) >= 11 is 18.0. The van der Waals surface area contributed by atoms with Gasteiger partial charge in [0, 0.05) is 35.3 Å². The number of aromatic nitrogens is 3. The fourth-order valence-corrected chi connectivity index (χ4v) is 5.64. The molecule has 0 aliphatic carbocycles. The number of sulfonamides is 1. The van der Waals surface area contributed by atoms with Crippen molar-refractivity contribution in [3.63, 3.8) is 0 Å². The predicted octanol–water partition coefficient (Wildman–Crippen LogP) is 5.20. The van der Waals surface area contributed by atoms with Gasteiger partial charge < -0.3 is 10.3 Å². The summed E-state index contributed by atoms with van der Waals surface area (Å²) in [5.41, 5.74) is 7.10. The Morgan fingerprint density at radius 2 is 1.94 bits per heavy atom. The van der Waals surface area contributed by atoms with Crippen LogP contribution in [0.5, 0.6) is 0 Å². The number of benzene rings is 2. The Balaban J connectivity index is 1.83. The van der Waals surface area contributed by atoms with Gasteiger partial charge in [-0.1, -0.05) is 35.3 Å². The van der Waals surface area contributed by atoms with E-state index in [0.717, 1.165) is 0 Å². The molecule has 4 rings (SSSR count). The van der Waals surface area contributed by atoms with Crippen LogP contribution in [0.4, 0.5) is 15.9 Å². The van der Waals surface area contributed by atoms with E-state index in [-0.39, 0.29) is 37.9 Å². The number of nitrogens with one attached hydrogen (secondary N) is 1. The molecule has 0 atom stereocenters. The minimum Gasteiger partial charge on any atom is -0.383 e. The molecule has 32 heavy (non-hydrogen) atoms. The summed E-state index contributed by atoms with van der Waals surface area (Å²) in [7, 11) is -2.55. The van der Waals surface area contributed by atoms with Crippen molar-refractivity contribution in [1.82, 2.24) is 14.5 Å². The summed E-state index contributed by atoms with van der Waals surface area (Å²) in [6.45, 7) is 0. The maximum absolute atomic E-state index is 15.5. The average Bonchev–Trinajstić information content (AvgIpc) is 3.08. The average molecular weight is 515 g/mol. The molecule has 0 aliphatic heterocycles. The van der Waals surface area contributed by atoms with Crippen LogP contribution in [0.3, 0.4) is 0 Å². The predicted molar refractivity (Wildman–Crippen MR) is 125 cm³/mol. The zero-order chi connectivity index (χ0) is 23.2. The van der Waals surface area contributed by atoms with Crippen molar-refractivity contribution in [1.29, 1.82) is 0 Å². The van der Waals surface area contributed by atoms with Gasteiger partial charge in [0.2, 0.25) is 0 Å². The molecular weight excluding hydrogens is 500 g/mol. The van der Waals surface area contributed by atoms with E-state index in [0.29, 0.717) is 22.2 Å². The molecule has 0 spiro atoms. The van der Waals surface area contributed by atoms with E-state index in [1.807, 2.05) is 0 Å². The van der Waals surface area contributed by atoms with Gasteiger partial charge in [0.05, 0.1) is 16.1 Å². The normalized spacial score (nSPS) is 11.8. The monoisotopic (exact) mass is 513 g/mol. The zero-order valence-corrected chi connectivity index (χ0v) is 19.5. The smallest absolute Gasteiger partial charge is 0.263 e. The number of anilines is 2. The molecule has 7 nitrogen and oxygen atoms in total. The fourth-order valence-electron chi connectivity index (χ4n) is 3.37. The van der Waals surface area contributed by atoms with Gasteiger partial charge in [-0.3, -0.25) is 4.72 Å². The Morgan fingerprint density at radius 3 is 2.66 bits per heavy atom. The van der Waals surface area contributed by atoms with Gasteiger partial charge in [0.15, 0.2) is 5.82 Å². The summed E-state index contributed by atoms with van der Waals surface area (Å²) in [6.07, 6.45) is 2.96. The lowest BCUT2D eigenvalue weighted by atomic mass is 10.0. The highest BCUT2D eigenvalue weighted by molar-refractivity contribution is 7.92. The molecule has 2 aromatic heterocycles. The number of nitrogens with two attached hydrogens (primary N) is 1. The van der Waals surface area contributed by atoms with Gasteiger partial charge in [-0.25, -0.2) is 22.8 Å². The third kappa shape index (κ3) is 3.86.